The normalized spacial score (nSPS) is 10.5. The zero-order valence-electron chi connectivity index (χ0n) is 10.4. The second-order valence-corrected chi connectivity index (χ2v) is 5.75. The molecule has 0 aliphatic rings. The van der Waals surface area contributed by atoms with Crippen LogP contribution in [0, 0.1) is 21.7 Å². The van der Waals surface area contributed by atoms with E-state index in [9.17, 15) is 18.9 Å². The van der Waals surface area contributed by atoms with Crippen molar-refractivity contribution in [3.8, 4) is 0 Å². The average molecular weight is 422 g/mol. The number of nitrogens with one attached hydrogen (secondary N) is 1. The summed E-state index contributed by atoms with van der Waals surface area (Å²) in [6.45, 7) is 0.150. The molecule has 2 aromatic rings. The van der Waals surface area contributed by atoms with Crippen LogP contribution in [0.25, 0.3) is 0 Å². The molecule has 0 spiro atoms. The van der Waals surface area contributed by atoms with E-state index >= 15 is 0 Å². The summed E-state index contributed by atoms with van der Waals surface area (Å²) >= 11 is 6.13. The first-order chi connectivity index (χ1) is 9.90. The summed E-state index contributed by atoms with van der Waals surface area (Å²) < 4.78 is 27.2. The van der Waals surface area contributed by atoms with Crippen molar-refractivity contribution in [2.45, 2.75) is 6.54 Å². The van der Waals surface area contributed by atoms with Gasteiger partial charge >= 0.3 is 0 Å². The van der Waals surface area contributed by atoms with E-state index < -0.39 is 16.6 Å². The molecule has 0 aliphatic carbocycles. The fourth-order valence-electron chi connectivity index (χ4n) is 1.69. The predicted octanol–water partition coefficient (Wildman–Crippen LogP) is 5.01. The summed E-state index contributed by atoms with van der Waals surface area (Å²) in [6, 6.07) is 6.60. The number of nitrogens with zero attached hydrogens (tertiary/aromatic N) is 1. The Balaban J connectivity index is 2.23. The van der Waals surface area contributed by atoms with Gasteiger partial charge in [-0.2, -0.15) is 0 Å². The topological polar surface area (TPSA) is 55.2 Å². The van der Waals surface area contributed by atoms with E-state index in [1.165, 1.54) is 18.2 Å². The van der Waals surface area contributed by atoms with E-state index in [1.807, 2.05) is 0 Å². The van der Waals surface area contributed by atoms with Gasteiger partial charge in [0.05, 0.1) is 15.1 Å². The molecule has 4 nitrogen and oxygen atoms in total. The molecule has 0 saturated carbocycles. The van der Waals surface area contributed by atoms with Gasteiger partial charge in [-0.25, -0.2) is 8.78 Å². The number of rotatable bonds is 4. The maximum absolute atomic E-state index is 13.6. The van der Waals surface area contributed by atoms with Crippen LogP contribution in [-0.2, 0) is 6.54 Å². The van der Waals surface area contributed by atoms with Crippen LogP contribution in [0.5, 0.6) is 0 Å². The van der Waals surface area contributed by atoms with Gasteiger partial charge in [-0.3, -0.25) is 10.1 Å². The lowest BCUT2D eigenvalue weighted by molar-refractivity contribution is -0.385. The molecule has 0 aliphatic heterocycles. The van der Waals surface area contributed by atoms with Crippen LogP contribution in [0.15, 0.2) is 39.3 Å². The van der Waals surface area contributed by atoms with Crippen molar-refractivity contribution in [2.24, 2.45) is 0 Å². The summed E-state index contributed by atoms with van der Waals surface area (Å²) in [5.41, 5.74) is 0.612. The highest BCUT2D eigenvalue weighted by atomic mass is 79.9. The van der Waals surface area contributed by atoms with Gasteiger partial charge in [0.25, 0.3) is 5.69 Å². The Bertz CT molecular complexity index is 711. The monoisotopic (exact) mass is 420 g/mol. The van der Waals surface area contributed by atoms with E-state index in [0.29, 0.717) is 10.0 Å². The van der Waals surface area contributed by atoms with E-state index in [1.54, 1.807) is 6.07 Å². The van der Waals surface area contributed by atoms with Gasteiger partial charge in [-0.05, 0) is 43.5 Å². The molecule has 8 heteroatoms. The lowest BCUT2D eigenvalue weighted by Crippen LogP contribution is -2.04. The van der Waals surface area contributed by atoms with Crippen LogP contribution in [0.2, 0.25) is 0 Å². The fraction of sp³-hybridized carbons (Fsp3) is 0.0769. The molecule has 110 valence electrons. The van der Waals surface area contributed by atoms with Gasteiger partial charge in [-0.15, -0.1) is 0 Å². The lowest BCUT2D eigenvalue weighted by atomic mass is 10.2. The summed E-state index contributed by atoms with van der Waals surface area (Å²) in [7, 11) is 0. The summed E-state index contributed by atoms with van der Waals surface area (Å²) in [5.74, 6) is -1.44. The molecular weight excluding hydrogens is 414 g/mol. The highest BCUT2D eigenvalue weighted by Crippen LogP contribution is 2.29. The maximum Gasteiger partial charge on any atom is 0.283 e. The Morgan fingerprint density at radius 2 is 1.90 bits per heavy atom. The van der Waals surface area contributed by atoms with Gasteiger partial charge < -0.3 is 5.32 Å². The summed E-state index contributed by atoms with van der Waals surface area (Å²) in [5, 5.41) is 13.6. The third kappa shape index (κ3) is 3.56. The first-order valence-electron chi connectivity index (χ1n) is 5.70. The minimum absolute atomic E-state index is 0.0740. The highest BCUT2D eigenvalue weighted by molar-refractivity contribution is 9.11. The fourth-order valence-corrected chi connectivity index (χ4v) is 2.58. The van der Waals surface area contributed by atoms with Crippen LogP contribution in [0.4, 0.5) is 20.2 Å². The van der Waals surface area contributed by atoms with E-state index in [-0.39, 0.29) is 22.4 Å². The molecule has 2 aromatic carbocycles. The first kappa shape index (κ1) is 15.8. The Kier molecular flexibility index (Phi) is 4.89. The minimum Gasteiger partial charge on any atom is -0.379 e. The first-order valence-corrected chi connectivity index (χ1v) is 7.29. The van der Waals surface area contributed by atoms with Crippen molar-refractivity contribution in [3.63, 3.8) is 0 Å². The Hall–Kier alpha value is -1.54. The number of halogens is 4. The zero-order valence-corrected chi connectivity index (χ0v) is 13.5. The maximum atomic E-state index is 13.6. The van der Waals surface area contributed by atoms with Crippen molar-refractivity contribution in [1.29, 1.82) is 0 Å². The van der Waals surface area contributed by atoms with Gasteiger partial charge in [0.15, 0.2) is 0 Å². The Morgan fingerprint density at radius 3 is 2.57 bits per heavy atom. The van der Waals surface area contributed by atoms with Gasteiger partial charge in [0.1, 0.15) is 16.1 Å². The average Bonchev–Trinajstić information content (AvgIpc) is 2.42. The van der Waals surface area contributed by atoms with Crippen LogP contribution >= 0.6 is 31.9 Å². The quantitative estimate of drug-likeness (QED) is 0.429. The molecule has 0 radical (unpaired) electrons. The number of hydrogen-bond donors (Lipinski definition) is 1. The second-order valence-electron chi connectivity index (χ2n) is 4.11. The molecule has 2 rings (SSSR count). The molecule has 0 atom stereocenters. The number of hydrogen-bond acceptors (Lipinski definition) is 3. The molecule has 0 aromatic heterocycles. The Morgan fingerprint density at radius 1 is 1.19 bits per heavy atom. The predicted molar refractivity (Wildman–Crippen MR) is 82.2 cm³/mol. The van der Waals surface area contributed by atoms with Crippen molar-refractivity contribution < 1.29 is 13.7 Å². The van der Waals surface area contributed by atoms with Crippen LogP contribution in [0.1, 0.15) is 5.56 Å². The van der Waals surface area contributed by atoms with Gasteiger partial charge in [0.2, 0.25) is 0 Å². The smallest absolute Gasteiger partial charge is 0.283 e. The van der Waals surface area contributed by atoms with Gasteiger partial charge in [-0.1, -0.05) is 12.1 Å². The molecule has 0 heterocycles. The number of nitro benzene ring substituents is 1. The number of anilines is 1. The van der Waals surface area contributed by atoms with Crippen molar-refractivity contribution in [1.82, 2.24) is 0 Å². The zero-order chi connectivity index (χ0) is 15.6. The molecule has 0 amide bonds. The lowest BCUT2D eigenvalue weighted by Gasteiger charge is -2.10. The molecular formula is C13H8Br2F2N2O2. The van der Waals surface area contributed by atoms with E-state index in [4.69, 9.17) is 0 Å². The largest absolute Gasteiger partial charge is 0.379 e. The molecule has 1 N–H and O–H groups in total. The third-order valence-electron chi connectivity index (χ3n) is 2.73. The van der Waals surface area contributed by atoms with E-state index in [2.05, 4.69) is 37.2 Å². The number of benzene rings is 2. The standard InChI is InChI=1S/C13H8Br2F2N2O2/c14-8-4-11(10(17)5-9(8)16)18-6-7-2-1-3-12(13(7)15)19(20)21/h1-5,18H,6H2. The molecule has 0 fully saturated rings. The van der Waals surface area contributed by atoms with Crippen LogP contribution in [-0.4, -0.2) is 4.92 Å². The highest BCUT2D eigenvalue weighted by Gasteiger charge is 2.15. The molecule has 0 saturated heterocycles. The molecule has 0 unspecified atom stereocenters. The Labute approximate surface area is 135 Å². The van der Waals surface area contributed by atoms with Crippen molar-refractivity contribution in [2.75, 3.05) is 5.32 Å². The molecule has 0 bridgehead atoms. The van der Waals surface area contributed by atoms with Crippen LogP contribution < -0.4 is 5.32 Å². The third-order valence-corrected chi connectivity index (χ3v) is 4.26. The summed E-state index contributed by atoms with van der Waals surface area (Å²) in [6.07, 6.45) is 0. The van der Waals surface area contributed by atoms with Crippen LogP contribution in [0.3, 0.4) is 0 Å². The second kappa shape index (κ2) is 6.48. The summed E-state index contributed by atoms with van der Waals surface area (Å²) in [4.78, 5) is 10.3. The van der Waals surface area contributed by atoms with Crippen molar-refractivity contribution >= 4 is 43.2 Å². The molecule has 21 heavy (non-hydrogen) atoms. The minimum atomic E-state index is -0.739. The van der Waals surface area contributed by atoms with E-state index in [0.717, 1.165) is 6.07 Å². The van der Waals surface area contributed by atoms with Crippen molar-refractivity contribution in [3.05, 3.63) is 66.6 Å². The number of nitro groups is 1. The van der Waals surface area contributed by atoms with Gasteiger partial charge in [0, 0.05) is 18.7 Å². The SMILES string of the molecule is O=[N+]([O-])c1cccc(CNc2cc(Br)c(F)cc2F)c1Br.